The molecule has 0 unspecified atom stereocenters. The molecule has 4 rings (SSSR count). The number of rotatable bonds is 3. The van der Waals surface area contributed by atoms with E-state index in [2.05, 4.69) is 42.4 Å². The summed E-state index contributed by atoms with van der Waals surface area (Å²) in [5.74, 6) is 0.114. The molecule has 126 valence electrons. The Hall–Kier alpha value is -2.81. The quantitative estimate of drug-likeness (QED) is 0.745. The number of aromatic amines is 1. The molecule has 0 saturated heterocycles. The number of para-hydroxylation sites is 1. The second-order valence-electron chi connectivity index (χ2n) is 6.49. The van der Waals surface area contributed by atoms with Gasteiger partial charge in [-0.3, -0.25) is 4.79 Å². The van der Waals surface area contributed by atoms with E-state index in [1.807, 2.05) is 35.2 Å². The van der Waals surface area contributed by atoms with Crippen LogP contribution in [-0.2, 0) is 6.42 Å². The Morgan fingerprint density at radius 2 is 1.96 bits per heavy atom. The van der Waals surface area contributed by atoms with Crippen molar-refractivity contribution in [1.29, 1.82) is 0 Å². The van der Waals surface area contributed by atoms with Gasteiger partial charge in [0.05, 0.1) is 0 Å². The molecule has 0 aliphatic carbocycles. The Labute approximate surface area is 148 Å². The summed E-state index contributed by atoms with van der Waals surface area (Å²) in [5.41, 5.74) is 5.96. The highest BCUT2D eigenvalue weighted by atomic mass is 16.2. The first kappa shape index (κ1) is 15.7. The standard InChI is InChI=1S/C22H22N2O/c1-2-16-9-6-10-19-20(15-23-21(16)19)17-11-13-24(14-12-17)22(25)18-7-4-3-5-8-18/h3-11,15,23H,2,12-14H2,1H3. The summed E-state index contributed by atoms with van der Waals surface area (Å²) >= 11 is 0. The van der Waals surface area contributed by atoms with Gasteiger partial charge in [-0.05, 0) is 36.1 Å². The minimum Gasteiger partial charge on any atom is -0.360 e. The number of hydrogen-bond acceptors (Lipinski definition) is 1. The van der Waals surface area contributed by atoms with Gasteiger partial charge in [0.1, 0.15) is 0 Å². The van der Waals surface area contributed by atoms with Crippen LogP contribution in [0.1, 0.15) is 34.8 Å². The van der Waals surface area contributed by atoms with Gasteiger partial charge >= 0.3 is 0 Å². The molecule has 2 aromatic carbocycles. The van der Waals surface area contributed by atoms with E-state index < -0.39 is 0 Å². The highest BCUT2D eigenvalue weighted by Gasteiger charge is 2.20. The van der Waals surface area contributed by atoms with Gasteiger partial charge < -0.3 is 9.88 Å². The fourth-order valence-electron chi connectivity index (χ4n) is 3.64. The second kappa shape index (κ2) is 6.60. The number of aryl methyl sites for hydroxylation is 1. The van der Waals surface area contributed by atoms with Gasteiger partial charge in [0.2, 0.25) is 0 Å². The third kappa shape index (κ3) is 2.86. The summed E-state index contributed by atoms with van der Waals surface area (Å²) in [6, 6.07) is 16.0. The number of aromatic nitrogens is 1. The van der Waals surface area contributed by atoms with Crippen molar-refractivity contribution in [2.75, 3.05) is 13.1 Å². The van der Waals surface area contributed by atoms with Gasteiger partial charge in [-0.2, -0.15) is 0 Å². The van der Waals surface area contributed by atoms with Crippen LogP contribution >= 0.6 is 0 Å². The van der Waals surface area contributed by atoms with E-state index in [1.165, 1.54) is 27.6 Å². The molecule has 3 nitrogen and oxygen atoms in total. The molecule has 25 heavy (non-hydrogen) atoms. The fourth-order valence-corrected chi connectivity index (χ4v) is 3.64. The molecular formula is C22H22N2O. The van der Waals surface area contributed by atoms with E-state index in [1.54, 1.807) is 0 Å². The lowest BCUT2D eigenvalue weighted by Crippen LogP contribution is -2.34. The predicted octanol–water partition coefficient (Wildman–Crippen LogP) is 4.66. The molecule has 0 fully saturated rings. The van der Waals surface area contributed by atoms with Gasteiger partial charge in [0.15, 0.2) is 0 Å². The molecular weight excluding hydrogens is 308 g/mol. The number of carbonyl (C=O) groups excluding carboxylic acids is 1. The van der Waals surface area contributed by atoms with Crippen molar-refractivity contribution in [3.8, 4) is 0 Å². The zero-order valence-corrected chi connectivity index (χ0v) is 14.5. The number of nitrogens with zero attached hydrogens (tertiary/aromatic N) is 1. The van der Waals surface area contributed by atoms with Gasteiger partial charge in [-0.1, -0.05) is 49.4 Å². The first-order valence-corrected chi connectivity index (χ1v) is 8.90. The minimum absolute atomic E-state index is 0.114. The molecule has 1 amide bonds. The number of H-pyrrole nitrogens is 1. The summed E-state index contributed by atoms with van der Waals surface area (Å²) in [7, 11) is 0. The van der Waals surface area contributed by atoms with Gasteiger partial charge in [-0.15, -0.1) is 0 Å². The molecule has 1 aliphatic rings. The Morgan fingerprint density at radius 1 is 1.12 bits per heavy atom. The zero-order valence-electron chi connectivity index (χ0n) is 14.5. The molecule has 0 radical (unpaired) electrons. The molecule has 1 aliphatic heterocycles. The van der Waals surface area contributed by atoms with Crippen molar-refractivity contribution in [1.82, 2.24) is 9.88 Å². The van der Waals surface area contributed by atoms with Crippen molar-refractivity contribution in [3.05, 3.63) is 77.5 Å². The minimum atomic E-state index is 0.114. The van der Waals surface area contributed by atoms with E-state index in [4.69, 9.17) is 0 Å². The molecule has 1 N–H and O–H groups in total. The van der Waals surface area contributed by atoms with E-state index in [-0.39, 0.29) is 5.91 Å². The molecule has 1 aromatic heterocycles. The monoisotopic (exact) mass is 330 g/mol. The van der Waals surface area contributed by atoms with E-state index in [9.17, 15) is 4.79 Å². The Morgan fingerprint density at radius 3 is 2.68 bits per heavy atom. The largest absolute Gasteiger partial charge is 0.360 e. The normalized spacial score (nSPS) is 14.6. The van der Waals surface area contributed by atoms with Gasteiger partial charge in [-0.25, -0.2) is 0 Å². The maximum absolute atomic E-state index is 12.6. The predicted molar refractivity (Wildman–Crippen MR) is 103 cm³/mol. The number of hydrogen-bond donors (Lipinski definition) is 1. The maximum atomic E-state index is 12.6. The van der Waals surface area contributed by atoms with Crippen molar-refractivity contribution in [3.63, 3.8) is 0 Å². The van der Waals surface area contributed by atoms with Crippen molar-refractivity contribution in [2.45, 2.75) is 19.8 Å². The summed E-state index contributed by atoms with van der Waals surface area (Å²) in [6.45, 7) is 3.62. The third-order valence-corrected chi connectivity index (χ3v) is 5.05. The van der Waals surface area contributed by atoms with Crippen molar-refractivity contribution >= 4 is 22.4 Å². The topological polar surface area (TPSA) is 36.1 Å². The number of carbonyl (C=O) groups is 1. The third-order valence-electron chi connectivity index (χ3n) is 5.05. The van der Waals surface area contributed by atoms with Crippen LogP contribution in [0.3, 0.4) is 0 Å². The van der Waals surface area contributed by atoms with Gasteiger partial charge in [0, 0.05) is 41.3 Å². The highest BCUT2D eigenvalue weighted by Crippen LogP contribution is 2.31. The summed E-state index contributed by atoms with van der Waals surface area (Å²) in [4.78, 5) is 17.9. The molecule has 0 saturated carbocycles. The lowest BCUT2D eigenvalue weighted by molar-refractivity contribution is 0.0773. The smallest absolute Gasteiger partial charge is 0.254 e. The first-order valence-electron chi connectivity index (χ1n) is 8.90. The average Bonchev–Trinajstić information content (AvgIpc) is 3.12. The summed E-state index contributed by atoms with van der Waals surface area (Å²) in [6.07, 6.45) is 6.23. The van der Waals surface area contributed by atoms with Crippen LogP contribution in [0.15, 0.2) is 60.8 Å². The number of nitrogens with one attached hydrogen (secondary N) is 1. The fraction of sp³-hybridized carbons (Fsp3) is 0.227. The molecule has 3 aromatic rings. The van der Waals surface area contributed by atoms with Crippen LogP contribution in [0, 0.1) is 0 Å². The van der Waals surface area contributed by atoms with Crippen LogP contribution < -0.4 is 0 Å². The van der Waals surface area contributed by atoms with Crippen LogP contribution in [0.5, 0.6) is 0 Å². The Balaban J connectivity index is 1.58. The number of amides is 1. The van der Waals surface area contributed by atoms with E-state index in [0.717, 1.165) is 24.9 Å². The van der Waals surface area contributed by atoms with Crippen LogP contribution in [0.2, 0.25) is 0 Å². The molecule has 0 atom stereocenters. The highest BCUT2D eigenvalue weighted by molar-refractivity contribution is 5.96. The van der Waals surface area contributed by atoms with Crippen molar-refractivity contribution < 1.29 is 4.79 Å². The summed E-state index contributed by atoms with van der Waals surface area (Å²) in [5, 5.41) is 1.29. The molecule has 2 heterocycles. The average molecular weight is 330 g/mol. The Kier molecular flexibility index (Phi) is 4.14. The van der Waals surface area contributed by atoms with Gasteiger partial charge in [0.25, 0.3) is 5.91 Å². The first-order chi connectivity index (χ1) is 12.3. The Bertz CT molecular complexity index is 937. The zero-order chi connectivity index (χ0) is 17.2. The van der Waals surface area contributed by atoms with Crippen LogP contribution in [0.4, 0.5) is 0 Å². The summed E-state index contributed by atoms with van der Waals surface area (Å²) < 4.78 is 0. The molecule has 0 spiro atoms. The second-order valence-corrected chi connectivity index (χ2v) is 6.49. The number of fused-ring (bicyclic) bond motifs is 1. The van der Waals surface area contributed by atoms with E-state index in [0.29, 0.717) is 6.54 Å². The van der Waals surface area contributed by atoms with E-state index >= 15 is 0 Å². The van der Waals surface area contributed by atoms with Crippen LogP contribution in [0.25, 0.3) is 16.5 Å². The lowest BCUT2D eigenvalue weighted by Gasteiger charge is -2.26. The maximum Gasteiger partial charge on any atom is 0.254 e. The SMILES string of the molecule is CCc1cccc2c(C3=CCN(C(=O)c4ccccc4)CC3)c[nH]c12. The van der Waals surface area contributed by atoms with Crippen molar-refractivity contribution in [2.24, 2.45) is 0 Å². The molecule has 0 bridgehead atoms. The molecule has 3 heteroatoms. The van der Waals surface area contributed by atoms with Crippen LogP contribution in [-0.4, -0.2) is 28.9 Å². The number of benzene rings is 2. The lowest BCUT2D eigenvalue weighted by atomic mass is 9.97.